The number of hydrogen-bond donors (Lipinski definition) is 1. The van der Waals surface area contributed by atoms with Crippen LogP contribution in [0.5, 0.6) is 0 Å². The number of aromatic nitrogens is 4. The number of ketones is 1. The molecular formula is C20H18N4OS. The normalized spacial score (nSPS) is 11.2. The third-order valence-electron chi connectivity index (χ3n) is 4.37. The first-order valence-corrected chi connectivity index (χ1v) is 9.30. The zero-order chi connectivity index (χ0) is 18.1. The van der Waals surface area contributed by atoms with Gasteiger partial charge < -0.3 is 9.55 Å². The van der Waals surface area contributed by atoms with Crippen LogP contribution in [-0.2, 0) is 7.05 Å². The predicted molar refractivity (Wildman–Crippen MR) is 105 cm³/mol. The Morgan fingerprint density at radius 2 is 1.88 bits per heavy atom. The number of H-pyrrole nitrogens is 1. The second-order valence-corrected chi connectivity index (χ2v) is 7.13. The molecule has 0 saturated heterocycles. The number of thioether (sulfide) groups is 1. The van der Waals surface area contributed by atoms with Gasteiger partial charge in [-0.1, -0.05) is 59.8 Å². The van der Waals surface area contributed by atoms with Gasteiger partial charge in [0.2, 0.25) is 0 Å². The van der Waals surface area contributed by atoms with Crippen molar-refractivity contribution in [3.05, 3.63) is 65.9 Å². The third kappa shape index (κ3) is 3.04. The summed E-state index contributed by atoms with van der Waals surface area (Å²) in [5.41, 5.74) is 3.91. The molecule has 0 saturated carbocycles. The molecule has 4 aromatic rings. The number of aryl methyl sites for hydroxylation is 1. The summed E-state index contributed by atoms with van der Waals surface area (Å²) >= 11 is 1.41. The summed E-state index contributed by atoms with van der Waals surface area (Å²) in [5, 5.41) is 10.2. The number of rotatable bonds is 5. The molecule has 1 N–H and O–H groups in total. The lowest BCUT2D eigenvalue weighted by Crippen LogP contribution is -2.03. The Hall–Kier alpha value is -2.86. The van der Waals surface area contributed by atoms with Crippen LogP contribution in [0.25, 0.3) is 22.3 Å². The minimum absolute atomic E-state index is 0.0762. The van der Waals surface area contributed by atoms with Crippen LogP contribution in [0, 0.1) is 6.92 Å². The van der Waals surface area contributed by atoms with E-state index in [0.29, 0.717) is 11.3 Å². The van der Waals surface area contributed by atoms with Crippen LogP contribution >= 0.6 is 11.8 Å². The van der Waals surface area contributed by atoms with Gasteiger partial charge in [-0.05, 0) is 13.0 Å². The molecule has 2 aromatic heterocycles. The molecule has 0 aliphatic carbocycles. The molecule has 0 amide bonds. The summed E-state index contributed by atoms with van der Waals surface area (Å²) in [6, 6.07) is 16.0. The fourth-order valence-corrected chi connectivity index (χ4v) is 3.70. The number of nitrogens with one attached hydrogen (secondary N) is 1. The number of hydrogen-bond acceptors (Lipinski definition) is 4. The van der Waals surface area contributed by atoms with Gasteiger partial charge in [0, 0.05) is 35.3 Å². The van der Waals surface area contributed by atoms with Gasteiger partial charge in [0.25, 0.3) is 0 Å². The van der Waals surface area contributed by atoms with E-state index in [2.05, 4.69) is 34.2 Å². The van der Waals surface area contributed by atoms with Crippen LogP contribution in [-0.4, -0.2) is 31.3 Å². The molecule has 0 aliphatic rings. The highest BCUT2D eigenvalue weighted by atomic mass is 32.2. The van der Waals surface area contributed by atoms with E-state index in [9.17, 15) is 4.79 Å². The monoisotopic (exact) mass is 362 g/mol. The second-order valence-electron chi connectivity index (χ2n) is 6.19. The maximum Gasteiger partial charge on any atom is 0.191 e. The minimum Gasteiger partial charge on any atom is -0.360 e. The minimum atomic E-state index is 0.0762. The highest BCUT2D eigenvalue weighted by Crippen LogP contribution is 2.25. The Balaban J connectivity index is 1.51. The molecule has 0 aliphatic heterocycles. The Bertz CT molecular complexity index is 1080. The molecule has 0 bridgehead atoms. The number of Topliss-reactive ketones (excluding diaryl/α,β-unsaturated/α-hetero) is 1. The first kappa shape index (κ1) is 16.6. The van der Waals surface area contributed by atoms with E-state index >= 15 is 0 Å². The topological polar surface area (TPSA) is 63.6 Å². The third-order valence-corrected chi connectivity index (χ3v) is 5.39. The fraction of sp³-hybridized carbons (Fsp3) is 0.150. The highest BCUT2D eigenvalue weighted by Gasteiger charge is 2.16. The van der Waals surface area contributed by atoms with Gasteiger partial charge in [-0.15, -0.1) is 10.2 Å². The van der Waals surface area contributed by atoms with Gasteiger partial charge in [-0.25, -0.2) is 0 Å². The highest BCUT2D eigenvalue weighted by molar-refractivity contribution is 7.99. The SMILES string of the molecule is Cc1ccc(-c2nnc(SCC(=O)c3c[nH]c4ccccc34)n2C)cc1. The number of aromatic amines is 1. The molecule has 5 nitrogen and oxygen atoms in total. The van der Waals surface area contributed by atoms with E-state index in [-0.39, 0.29) is 5.78 Å². The van der Waals surface area contributed by atoms with Gasteiger partial charge in [-0.2, -0.15) is 0 Å². The molecule has 6 heteroatoms. The summed E-state index contributed by atoms with van der Waals surface area (Å²) in [7, 11) is 1.92. The molecule has 0 unspecified atom stereocenters. The lowest BCUT2D eigenvalue weighted by atomic mass is 10.1. The maximum absolute atomic E-state index is 12.6. The first-order valence-electron chi connectivity index (χ1n) is 8.32. The number of carbonyl (C=O) groups excluding carboxylic acids is 1. The van der Waals surface area contributed by atoms with Gasteiger partial charge in [-0.3, -0.25) is 4.79 Å². The number of para-hydroxylation sites is 1. The zero-order valence-electron chi connectivity index (χ0n) is 14.6. The van der Waals surface area contributed by atoms with E-state index in [1.54, 1.807) is 6.20 Å². The summed E-state index contributed by atoms with van der Waals surface area (Å²) < 4.78 is 1.93. The van der Waals surface area contributed by atoms with Crippen molar-refractivity contribution in [3.63, 3.8) is 0 Å². The lowest BCUT2D eigenvalue weighted by molar-refractivity contribution is 0.102. The number of carbonyl (C=O) groups is 1. The summed E-state index contributed by atoms with van der Waals surface area (Å²) in [5.74, 6) is 1.20. The van der Waals surface area contributed by atoms with Crippen molar-refractivity contribution in [2.45, 2.75) is 12.1 Å². The molecule has 130 valence electrons. The van der Waals surface area contributed by atoms with Gasteiger partial charge >= 0.3 is 0 Å². The molecule has 4 rings (SSSR count). The average Bonchev–Trinajstić information content (AvgIpc) is 3.24. The van der Waals surface area contributed by atoms with Crippen molar-refractivity contribution in [1.82, 2.24) is 19.7 Å². The molecule has 0 spiro atoms. The fourth-order valence-electron chi connectivity index (χ4n) is 2.90. The maximum atomic E-state index is 12.6. The standard InChI is InChI=1S/C20H18N4OS/c1-13-7-9-14(10-8-13)19-22-23-20(24(19)2)26-12-18(25)16-11-21-17-6-4-3-5-15(16)17/h3-11,21H,12H2,1-2H3. The number of fused-ring (bicyclic) bond motifs is 1. The van der Waals surface area contributed by atoms with E-state index in [1.165, 1.54) is 17.3 Å². The molecule has 0 fully saturated rings. The van der Waals surface area contributed by atoms with Gasteiger partial charge in [0.1, 0.15) is 0 Å². The van der Waals surface area contributed by atoms with Crippen molar-refractivity contribution < 1.29 is 4.79 Å². The second kappa shape index (κ2) is 6.80. The summed E-state index contributed by atoms with van der Waals surface area (Å²) in [6.45, 7) is 2.05. The Morgan fingerprint density at radius 1 is 1.12 bits per heavy atom. The van der Waals surface area contributed by atoms with Gasteiger partial charge in [0.05, 0.1) is 5.75 Å². The van der Waals surface area contributed by atoms with Crippen LogP contribution in [0.1, 0.15) is 15.9 Å². The van der Waals surface area contributed by atoms with E-state index in [0.717, 1.165) is 27.4 Å². The van der Waals surface area contributed by atoms with Gasteiger partial charge in [0.15, 0.2) is 16.8 Å². The van der Waals surface area contributed by atoms with Crippen molar-refractivity contribution in [2.24, 2.45) is 7.05 Å². The van der Waals surface area contributed by atoms with Crippen molar-refractivity contribution >= 4 is 28.4 Å². The Kier molecular flexibility index (Phi) is 4.34. The zero-order valence-corrected chi connectivity index (χ0v) is 15.4. The Labute approximate surface area is 155 Å². The number of benzene rings is 2. The molecule has 2 aromatic carbocycles. The van der Waals surface area contributed by atoms with Crippen LogP contribution < -0.4 is 0 Å². The van der Waals surface area contributed by atoms with E-state index < -0.39 is 0 Å². The molecule has 0 radical (unpaired) electrons. The molecule has 0 atom stereocenters. The molecule has 2 heterocycles. The van der Waals surface area contributed by atoms with Crippen LogP contribution in [0.2, 0.25) is 0 Å². The lowest BCUT2D eigenvalue weighted by Gasteiger charge is -2.04. The van der Waals surface area contributed by atoms with E-state index in [4.69, 9.17) is 0 Å². The van der Waals surface area contributed by atoms with Crippen molar-refractivity contribution in [3.8, 4) is 11.4 Å². The average molecular weight is 362 g/mol. The van der Waals surface area contributed by atoms with Crippen LogP contribution in [0.15, 0.2) is 59.9 Å². The first-order chi connectivity index (χ1) is 12.6. The largest absolute Gasteiger partial charge is 0.360 e. The Morgan fingerprint density at radius 3 is 2.69 bits per heavy atom. The smallest absolute Gasteiger partial charge is 0.191 e. The summed E-state index contributed by atoms with van der Waals surface area (Å²) in [6.07, 6.45) is 1.78. The van der Waals surface area contributed by atoms with Crippen LogP contribution in [0.4, 0.5) is 0 Å². The predicted octanol–water partition coefficient (Wildman–Crippen LogP) is 4.25. The quantitative estimate of drug-likeness (QED) is 0.426. The molecule has 26 heavy (non-hydrogen) atoms. The van der Waals surface area contributed by atoms with E-state index in [1.807, 2.05) is 48.0 Å². The van der Waals surface area contributed by atoms with Crippen molar-refractivity contribution in [2.75, 3.05) is 5.75 Å². The van der Waals surface area contributed by atoms with Crippen LogP contribution in [0.3, 0.4) is 0 Å². The summed E-state index contributed by atoms with van der Waals surface area (Å²) in [4.78, 5) is 15.8. The van der Waals surface area contributed by atoms with Crippen molar-refractivity contribution in [1.29, 1.82) is 0 Å². The molecular weight excluding hydrogens is 344 g/mol. The number of nitrogens with zero attached hydrogens (tertiary/aromatic N) is 3.